The van der Waals surface area contributed by atoms with E-state index in [0.717, 1.165) is 19.6 Å². The Hall–Kier alpha value is -0.393. The fourth-order valence-corrected chi connectivity index (χ4v) is 6.70. The zero-order chi connectivity index (χ0) is 15.9. The van der Waals surface area contributed by atoms with E-state index in [1.54, 1.807) is 0 Å². The number of unbranched alkanes of at least 4 members (excludes halogenated alkanes) is 3. The highest BCUT2D eigenvalue weighted by Gasteiger charge is 2.39. The van der Waals surface area contributed by atoms with Crippen molar-refractivity contribution in [3.8, 4) is 0 Å². The van der Waals surface area contributed by atoms with Gasteiger partial charge in [-0.15, -0.1) is 0 Å². The molecular formula is C16H34N2O2Si. The summed E-state index contributed by atoms with van der Waals surface area (Å²) in [6, 6.07) is 1.37. The number of hydrogen-bond acceptors (Lipinski definition) is 4. The van der Waals surface area contributed by atoms with Crippen LogP contribution < -0.4 is 5.32 Å². The Labute approximate surface area is 131 Å². The molecule has 1 aliphatic rings. The molecule has 0 spiro atoms. The van der Waals surface area contributed by atoms with Crippen LogP contribution in [0.1, 0.15) is 39.5 Å². The summed E-state index contributed by atoms with van der Waals surface area (Å²) in [5, 5.41) is 3.69. The minimum absolute atomic E-state index is 0.0395. The van der Waals surface area contributed by atoms with Crippen LogP contribution in [0.15, 0.2) is 0 Å². The van der Waals surface area contributed by atoms with E-state index in [-0.39, 0.29) is 11.9 Å². The molecule has 0 aromatic heterocycles. The van der Waals surface area contributed by atoms with Crippen molar-refractivity contribution in [2.75, 3.05) is 26.7 Å². The maximum atomic E-state index is 11.6. The summed E-state index contributed by atoms with van der Waals surface area (Å²) in [7, 11) is 0.145. The summed E-state index contributed by atoms with van der Waals surface area (Å²) < 4.78 is 4.86. The molecule has 1 fully saturated rings. The van der Waals surface area contributed by atoms with Crippen molar-refractivity contribution in [1.29, 1.82) is 0 Å². The second-order valence-corrected chi connectivity index (χ2v) is 12.1. The second-order valence-electron chi connectivity index (χ2n) is 7.08. The zero-order valence-electron chi connectivity index (χ0n) is 14.6. The lowest BCUT2D eigenvalue weighted by Gasteiger charge is -2.37. The van der Waals surface area contributed by atoms with Crippen LogP contribution >= 0.6 is 0 Å². The first-order valence-electron chi connectivity index (χ1n) is 8.47. The van der Waals surface area contributed by atoms with Gasteiger partial charge in [-0.3, -0.25) is 9.69 Å². The highest BCUT2D eigenvalue weighted by atomic mass is 28.3. The maximum absolute atomic E-state index is 11.6. The lowest BCUT2D eigenvalue weighted by molar-refractivity contribution is -0.145. The fraction of sp³-hybridized carbons (Fsp3) is 0.938. The van der Waals surface area contributed by atoms with Gasteiger partial charge in [-0.2, -0.15) is 0 Å². The van der Waals surface area contributed by atoms with Crippen LogP contribution in [0, 0.1) is 5.92 Å². The Morgan fingerprint density at radius 2 is 2.10 bits per heavy atom. The third-order valence-electron chi connectivity index (χ3n) is 4.63. The van der Waals surface area contributed by atoms with Gasteiger partial charge in [0.25, 0.3) is 0 Å². The fourth-order valence-electron chi connectivity index (χ4n) is 3.34. The topological polar surface area (TPSA) is 41.6 Å². The molecule has 1 rings (SSSR count). The molecule has 2 atom stereocenters. The van der Waals surface area contributed by atoms with Crippen molar-refractivity contribution in [3.05, 3.63) is 0 Å². The standard InChI is InChI=1S/C16H34N2O2Si/c1-6-7-8-9-12-21(4,5)16-17-10-11-18(16)13-14(2)15(19)20-3/h14,16-17H,6-13H2,1-5H3. The zero-order valence-corrected chi connectivity index (χ0v) is 15.6. The molecule has 21 heavy (non-hydrogen) atoms. The Bertz CT molecular complexity index is 323. The van der Waals surface area contributed by atoms with Crippen molar-refractivity contribution in [2.45, 2.75) is 64.5 Å². The number of ether oxygens (including phenoxy) is 1. The van der Waals surface area contributed by atoms with Gasteiger partial charge in [0, 0.05) is 25.4 Å². The van der Waals surface area contributed by atoms with Crippen molar-refractivity contribution < 1.29 is 9.53 Å². The van der Waals surface area contributed by atoms with Crippen LogP contribution in [0.4, 0.5) is 0 Å². The lowest BCUT2D eigenvalue weighted by atomic mass is 10.2. The third kappa shape index (κ3) is 5.72. The summed E-state index contributed by atoms with van der Waals surface area (Å²) in [4.78, 5) is 14.1. The van der Waals surface area contributed by atoms with Crippen molar-refractivity contribution in [3.63, 3.8) is 0 Å². The molecule has 1 saturated heterocycles. The van der Waals surface area contributed by atoms with E-state index < -0.39 is 8.07 Å². The van der Waals surface area contributed by atoms with Gasteiger partial charge in [0.05, 0.1) is 21.1 Å². The molecule has 0 aromatic carbocycles. The predicted molar refractivity (Wildman–Crippen MR) is 91.0 cm³/mol. The largest absolute Gasteiger partial charge is 0.469 e. The van der Waals surface area contributed by atoms with Crippen molar-refractivity contribution >= 4 is 14.0 Å². The molecule has 124 valence electrons. The number of carbonyl (C=O) groups is 1. The van der Waals surface area contributed by atoms with Crippen LogP contribution in [-0.4, -0.2) is 51.5 Å². The monoisotopic (exact) mass is 314 g/mol. The summed E-state index contributed by atoms with van der Waals surface area (Å²) in [5.74, 6) is 0.372. The number of nitrogens with zero attached hydrogens (tertiary/aromatic N) is 1. The average Bonchev–Trinajstić information content (AvgIpc) is 2.91. The van der Waals surface area contributed by atoms with Crippen molar-refractivity contribution in [2.24, 2.45) is 5.92 Å². The number of methoxy groups -OCH3 is 1. The molecule has 4 nitrogen and oxygen atoms in total. The van der Waals surface area contributed by atoms with E-state index in [2.05, 4.69) is 30.2 Å². The van der Waals surface area contributed by atoms with E-state index in [1.807, 2.05) is 6.92 Å². The van der Waals surface area contributed by atoms with Crippen molar-refractivity contribution in [1.82, 2.24) is 10.2 Å². The first-order chi connectivity index (χ1) is 9.92. The molecule has 0 bridgehead atoms. The van der Waals surface area contributed by atoms with E-state index in [1.165, 1.54) is 38.8 Å². The second kappa shape index (κ2) is 8.91. The highest BCUT2D eigenvalue weighted by Crippen LogP contribution is 2.24. The number of esters is 1. The predicted octanol–water partition coefficient (Wildman–Crippen LogP) is 2.85. The first kappa shape index (κ1) is 18.7. The maximum Gasteiger partial charge on any atom is 0.309 e. The van der Waals surface area contributed by atoms with E-state index >= 15 is 0 Å². The van der Waals surface area contributed by atoms with Gasteiger partial charge in [0.1, 0.15) is 0 Å². The van der Waals surface area contributed by atoms with Crippen LogP contribution in [0.2, 0.25) is 19.1 Å². The van der Waals surface area contributed by atoms with Gasteiger partial charge in [-0.25, -0.2) is 0 Å². The Kier molecular flexibility index (Phi) is 7.91. The van der Waals surface area contributed by atoms with Crippen LogP contribution in [0.3, 0.4) is 0 Å². The molecule has 0 aromatic rings. The smallest absolute Gasteiger partial charge is 0.309 e. The lowest BCUT2D eigenvalue weighted by Crippen LogP contribution is -2.56. The van der Waals surface area contributed by atoms with E-state index in [4.69, 9.17) is 4.74 Å². The molecule has 1 N–H and O–H groups in total. The number of rotatable bonds is 9. The van der Waals surface area contributed by atoms with Crippen LogP contribution in [0.5, 0.6) is 0 Å². The Morgan fingerprint density at radius 3 is 2.71 bits per heavy atom. The highest BCUT2D eigenvalue weighted by molar-refractivity contribution is 6.78. The normalized spacial score (nSPS) is 21.5. The molecule has 0 amide bonds. The molecule has 0 saturated carbocycles. The quantitative estimate of drug-likeness (QED) is 0.404. The molecular weight excluding hydrogens is 280 g/mol. The molecule has 0 radical (unpaired) electrons. The summed E-state index contributed by atoms with van der Waals surface area (Å²) >= 11 is 0. The molecule has 1 heterocycles. The van der Waals surface area contributed by atoms with Gasteiger partial charge in [-0.05, 0) is 0 Å². The number of nitrogens with one attached hydrogen (secondary N) is 1. The average molecular weight is 315 g/mol. The van der Waals surface area contributed by atoms with Crippen LogP contribution in [-0.2, 0) is 9.53 Å². The minimum Gasteiger partial charge on any atom is -0.469 e. The van der Waals surface area contributed by atoms with Gasteiger partial charge in [-0.1, -0.05) is 58.7 Å². The van der Waals surface area contributed by atoms with E-state index in [9.17, 15) is 4.79 Å². The SMILES string of the molecule is CCCCCC[Si](C)(C)C1NCCN1CC(C)C(=O)OC. The van der Waals surface area contributed by atoms with Gasteiger partial charge in [0.2, 0.25) is 0 Å². The van der Waals surface area contributed by atoms with Gasteiger partial charge < -0.3 is 10.1 Å². The third-order valence-corrected chi connectivity index (χ3v) is 8.32. The number of carbonyl (C=O) groups excluding carboxylic acids is 1. The first-order valence-corrected chi connectivity index (χ1v) is 11.8. The Morgan fingerprint density at radius 1 is 1.38 bits per heavy atom. The summed E-state index contributed by atoms with van der Waals surface area (Å²) in [5.41, 5.74) is 0. The molecule has 5 heteroatoms. The summed E-state index contributed by atoms with van der Waals surface area (Å²) in [6.07, 6.45) is 5.36. The Balaban J connectivity index is 2.52. The number of hydrogen-bond donors (Lipinski definition) is 1. The molecule has 1 aliphatic heterocycles. The summed E-state index contributed by atoms with van der Waals surface area (Å²) in [6.45, 7) is 12.1. The van der Waals surface area contributed by atoms with Crippen LogP contribution in [0.25, 0.3) is 0 Å². The van der Waals surface area contributed by atoms with Gasteiger partial charge >= 0.3 is 5.97 Å². The van der Waals surface area contributed by atoms with E-state index in [0.29, 0.717) is 5.79 Å². The van der Waals surface area contributed by atoms with Gasteiger partial charge in [0.15, 0.2) is 0 Å². The molecule has 2 unspecified atom stereocenters. The minimum atomic E-state index is -1.33. The molecule has 0 aliphatic carbocycles.